The molecule has 1 N–H and O–H groups in total. The first-order chi connectivity index (χ1) is 23.3. The van der Waals surface area contributed by atoms with Crippen molar-refractivity contribution in [1.29, 1.82) is 0 Å². The van der Waals surface area contributed by atoms with E-state index >= 15 is 4.39 Å². The van der Waals surface area contributed by atoms with E-state index in [4.69, 9.17) is 23.9 Å². The third kappa shape index (κ3) is 5.38. The second-order valence-electron chi connectivity index (χ2n) is 12.9. The molecule has 0 spiro atoms. The van der Waals surface area contributed by atoms with Gasteiger partial charge in [0, 0.05) is 35.8 Å². The minimum atomic E-state index is -1.65. The zero-order chi connectivity index (χ0) is 33.0. The third-order valence-electron chi connectivity index (χ3n) is 9.95. The second-order valence-corrected chi connectivity index (χ2v) is 12.9. The lowest BCUT2D eigenvalue weighted by Crippen LogP contribution is -2.43. The molecule has 252 valence electrons. The maximum Gasteiger partial charge on any atom is 0.508 e. The first kappa shape index (κ1) is 30.8. The van der Waals surface area contributed by atoms with Gasteiger partial charge in [-0.3, -0.25) is 15.0 Å². The molecule has 3 aromatic heterocycles. The Bertz CT molecular complexity index is 1950. The Balaban J connectivity index is 1.28. The average molecular weight is 666 g/mol. The number of H-pyrrole nitrogens is 1. The van der Waals surface area contributed by atoms with Crippen LogP contribution in [0.5, 0.6) is 6.01 Å². The van der Waals surface area contributed by atoms with Crippen LogP contribution in [0.1, 0.15) is 36.8 Å². The van der Waals surface area contributed by atoms with Crippen molar-refractivity contribution in [2.45, 2.75) is 50.7 Å². The molecule has 5 aliphatic heterocycles. The van der Waals surface area contributed by atoms with Crippen molar-refractivity contribution in [3.05, 3.63) is 47.1 Å². The number of carbonyl (C=O) groups excluding carboxylic acids is 1. The van der Waals surface area contributed by atoms with Gasteiger partial charge in [-0.05, 0) is 62.8 Å². The number of hydrogen-bond donors (Lipinski definition) is 1. The van der Waals surface area contributed by atoms with Gasteiger partial charge in [0.15, 0.2) is 5.82 Å². The van der Waals surface area contributed by atoms with Crippen molar-refractivity contribution in [1.82, 2.24) is 30.0 Å². The summed E-state index contributed by atoms with van der Waals surface area (Å²) in [5.74, 6) is -0.327. The lowest BCUT2D eigenvalue weighted by molar-refractivity contribution is -0.00448. The standard InChI is InChI=1S/C33H34F3N7O5/c1-18-10-24-22(13-38-41-24)25-21(18)4-2-8-46-32(44)48-20-15-42(7-9-45-16-20)30-23-12-37-28(25)26(34)27(23)39-31(40-30)47-17-33-5-3-6-43(33)14-19(11-33)29(35)36/h10,12-13,20H,2-9,11,14-17H2,1H3,(H,38,41). The van der Waals surface area contributed by atoms with Crippen LogP contribution in [-0.2, 0) is 20.6 Å². The summed E-state index contributed by atoms with van der Waals surface area (Å²) in [4.78, 5) is 30.6. The van der Waals surface area contributed by atoms with Gasteiger partial charge in [0.2, 0.25) is 0 Å². The van der Waals surface area contributed by atoms with E-state index in [0.29, 0.717) is 54.5 Å². The fourth-order valence-electron chi connectivity index (χ4n) is 7.65. The summed E-state index contributed by atoms with van der Waals surface area (Å²) in [5.41, 5.74) is 2.61. The second kappa shape index (κ2) is 12.2. The number of rotatable bonds is 3. The predicted octanol–water partition coefficient (Wildman–Crippen LogP) is 5.09. The highest BCUT2D eigenvalue weighted by molar-refractivity contribution is 5.99. The summed E-state index contributed by atoms with van der Waals surface area (Å²) in [6.07, 6.45) is 2.70. The lowest BCUT2D eigenvalue weighted by atomic mass is 9.92. The largest absolute Gasteiger partial charge is 0.508 e. The molecule has 4 aromatic rings. The van der Waals surface area contributed by atoms with Gasteiger partial charge >= 0.3 is 12.2 Å². The Morgan fingerprint density at radius 2 is 2.06 bits per heavy atom. The number of fused-ring (bicyclic) bond motifs is 8. The number of halogens is 3. The molecule has 0 amide bonds. The van der Waals surface area contributed by atoms with Crippen LogP contribution in [0.4, 0.5) is 23.8 Å². The van der Waals surface area contributed by atoms with Crippen LogP contribution < -0.4 is 9.64 Å². The molecular formula is C33H34F3N7O5. The molecule has 2 unspecified atom stereocenters. The molecule has 5 aliphatic rings. The normalized spacial score (nSPS) is 23.3. The molecule has 6 bridgehead atoms. The van der Waals surface area contributed by atoms with Gasteiger partial charge in [-0.15, -0.1) is 0 Å². The summed E-state index contributed by atoms with van der Waals surface area (Å²) >= 11 is 0. The van der Waals surface area contributed by atoms with Crippen LogP contribution in [0.25, 0.3) is 33.1 Å². The van der Waals surface area contributed by atoms with Gasteiger partial charge in [0.25, 0.3) is 6.08 Å². The monoisotopic (exact) mass is 665 g/mol. The number of anilines is 1. The average Bonchev–Trinajstić information content (AvgIpc) is 3.73. The lowest BCUT2D eigenvalue weighted by Gasteiger charge is -2.31. The van der Waals surface area contributed by atoms with E-state index in [1.165, 1.54) is 0 Å². The highest BCUT2D eigenvalue weighted by atomic mass is 19.3. The van der Waals surface area contributed by atoms with Gasteiger partial charge in [0.05, 0.1) is 49.0 Å². The zero-order valence-corrected chi connectivity index (χ0v) is 26.4. The first-order valence-corrected chi connectivity index (χ1v) is 16.2. The number of aryl methyl sites for hydroxylation is 1. The highest BCUT2D eigenvalue weighted by Crippen LogP contribution is 2.43. The molecule has 2 atom stereocenters. The van der Waals surface area contributed by atoms with Crippen molar-refractivity contribution in [3.8, 4) is 17.3 Å². The quantitative estimate of drug-likeness (QED) is 0.294. The van der Waals surface area contributed by atoms with Crippen molar-refractivity contribution in [2.24, 2.45) is 0 Å². The van der Waals surface area contributed by atoms with Crippen LogP contribution in [0.2, 0.25) is 0 Å². The van der Waals surface area contributed by atoms with E-state index in [9.17, 15) is 13.6 Å². The Morgan fingerprint density at radius 3 is 2.94 bits per heavy atom. The third-order valence-corrected chi connectivity index (χ3v) is 9.95. The van der Waals surface area contributed by atoms with Crippen molar-refractivity contribution >= 4 is 33.8 Å². The molecule has 3 fully saturated rings. The molecule has 12 nitrogen and oxygen atoms in total. The SMILES string of the molecule is Cc1cc2[nH]ncc2c2c1CCCOC(=O)OC1COCCN(C1)c1nc(OCC34CCCN3CC(=C(F)F)C4)nc3c(F)c-2ncc13. The predicted molar refractivity (Wildman–Crippen MR) is 168 cm³/mol. The van der Waals surface area contributed by atoms with Gasteiger partial charge in [-0.2, -0.15) is 23.8 Å². The molecular weight excluding hydrogens is 631 g/mol. The Hall–Kier alpha value is -4.50. The molecule has 0 radical (unpaired) electrons. The number of aromatic nitrogens is 5. The molecule has 0 aliphatic carbocycles. The topological polar surface area (TPSA) is 128 Å². The molecule has 48 heavy (non-hydrogen) atoms. The van der Waals surface area contributed by atoms with Crippen molar-refractivity contribution in [3.63, 3.8) is 0 Å². The number of hydrogen-bond acceptors (Lipinski definition) is 11. The molecule has 1 aromatic carbocycles. The van der Waals surface area contributed by atoms with Crippen LogP contribution in [0.3, 0.4) is 0 Å². The summed E-state index contributed by atoms with van der Waals surface area (Å²) in [6.45, 7) is 3.94. The summed E-state index contributed by atoms with van der Waals surface area (Å²) in [6, 6.07) is 1.86. The Labute approximate surface area is 273 Å². The number of ether oxygens (including phenoxy) is 4. The van der Waals surface area contributed by atoms with Crippen LogP contribution in [0.15, 0.2) is 30.1 Å². The van der Waals surface area contributed by atoms with Gasteiger partial charge in [-0.1, -0.05) is 0 Å². The molecule has 8 heterocycles. The van der Waals surface area contributed by atoms with Crippen LogP contribution >= 0.6 is 0 Å². The maximum atomic E-state index is 17.1. The zero-order valence-electron chi connectivity index (χ0n) is 26.4. The van der Waals surface area contributed by atoms with E-state index < -0.39 is 29.7 Å². The Kier molecular flexibility index (Phi) is 7.82. The number of nitrogens with one attached hydrogen (secondary N) is 1. The minimum absolute atomic E-state index is 0.000765. The first-order valence-electron chi connectivity index (χ1n) is 16.2. The van der Waals surface area contributed by atoms with Gasteiger partial charge < -0.3 is 23.8 Å². The van der Waals surface area contributed by atoms with Gasteiger partial charge in [-0.25, -0.2) is 9.18 Å². The van der Waals surface area contributed by atoms with Crippen molar-refractivity contribution in [2.75, 3.05) is 57.5 Å². The van der Waals surface area contributed by atoms with Crippen molar-refractivity contribution < 1.29 is 36.9 Å². The van der Waals surface area contributed by atoms with Crippen LogP contribution in [0, 0.1) is 12.7 Å². The van der Waals surface area contributed by atoms with E-state index in [1.807, 2.05) is 22.8 Å². The minimum Gasteiger partial charge on any atom is -0.461 e. The molecule has 0 saturated carbocycles. The number of benzene rings is 1. The smallest absolute Gasteiger partial charge is 0.461 e. The summed E-state index contributed by atoms with van der Waals surface area (Å²) in [5, 5.41) is 8.21. The summed E-state index contributed by atoms with van der Waals surface area (Å²) in [7, 11) is 0. The van der Waals surface area contributed by atoms with Crippen LogP contribution in [-0.4, -0.2) is 100 Å². The maximum absolute atomic E-state index is 17.1. The van der Waals surface area contributed by atoms with E-state index in [2.05, 4.69) is 20.2 Å². The van der Waals surface area contributed by atoms with Gasteiger partial charge in [0.1, 0.15) is 29.7 Å². The fourth-order valence-corrected chi connectivity index (χ4v) is 7.65. The fraction of sp³-hybridized carbons (Fsp3) is 0.485. The number of pyridine rings is 1. The van der Waals surface area contributed by atoms with E-state index in [-0.39, 0.29) is 68.7 Å². The molecule has 3 saturated heterocycles. The van der Waals surface area contributed by atoms with E-state index in [0.717, 1.165) is 23.1 Å². The Morgan fingerprint density at radius 1 is 1.17 bits per heavy atom. The molecule has 9 rings (SSSR count). The number of aromatic amines is 1. The van der Waals surface area contributed by atoms with E-state index in [1.54, 1.807) is 12.4 Å². The molecule has 15 heteroatoms. The number of nitrogens with zero attached hydrogens (tertiary/aromatic N) is 6. The highest BCUT2D eigenvalue weighted by Gasteiger charge is 2.48. The summed E-state index contributed by atoms with van der Waals surface area (Å²) < 4.78 is 67.4. The number of carbonyl (C=O) groups is 1.